The van der Waals surface area contributed by atoms with Gasteiger partial charge in [0.25, 0.3) is 5.91 Å². The molecule has 1 heterocycles. The molecule has 0 spiro atoms. The number of hydrogen-bond acceptors (Lipinski definition) is 5. The highest BCUT2D eigenvalue weighted by Crippen LogP contribution is 2.21. The van der Waals surface area contributed by atoms with E-state index in [-0.39, 0.29) is 12.0 Å². The van der Waals surface area contributed by atoms with E-state index < -0.39 is 0 Å². The standard InChI is InChI=1S/C22H20N4O2/c1-15(2)28-19-9-7-18(8-10-19)25-22(27)16-11-12-24-21(13-16)26-20-6-4-3-5-17(20)14-23/h3-13,15H,1-2H3,(H,24,26)(H,25,27). The molecule has 0 atom stereocenters. The molecule has 0 saturated heterocycles. The molecule has 2 N–H and O–H groups in total. The van der Waals surface area contributed by atoms with E-state index in [1.807, 2.05) is 32.0 Å². The quantitative estimate of drug-likeness (QED) is 0.653. The van der Waals surface area contributed by atoms with E-state index >= 15 is 0 Å². The zero-order valence-corrected chi connectivity index (χ0v) is 15.6. The zero-order valence-electron chi connectivity index (χ0n) is 15.6. The predicted octanol–water partition coefficient (Wildman–Crippen LogP) is 4.74. The number of nitrogens with one attached hydrogen (secondary N) is 2. The lowest BCUT2D eigenvalue weighted by atomic mass is 10.2. The van der Waals surface area contributed by atoms with Crippen LogP contribution in [0.5, 0.6) is 5.75 Å². The van der Waals surface area contributed by atoms with Crippen LogP contribution in [0.15, 0.2) is 66.9 Å². The van der Waals surface area contributed by atoms with Gasteiger partial charge in [0.2, 0.25) is 0 Å². The minimum absolute atomic E-state index is 0.0920. The maximum Gasteiger partial charge on any atom is 0.255 e. The molecule has 1 aromatic heterocycles. The fraction of sp³-hybridized carbons (Fsp3) is 0.136. The molecule has 6 nitrogen and oxygen atoms in total. The molecule has 28 heavy (non-hydrogen) atoms. The number of aromatic nitrogens is 1. The van der Waals surface area contributed by atoms with Gasteiger partial charge in [-0.25, -0.2) is 4.98 Å². The summed E-state index contributed by atoms with van der Waals surface area (Å²) in [5.41, 5.74) is 2.26. The second-order valence-corrected chi connectivity index (χ2v) is 6.36. The summed E-state index contributed by atoms with van der Waals surface area (Å²) < 4.78 is 5.60. The number of nitriles is 1. The Morgan fingerprint density at radius 2 is 1.86 bits per heavy atom. The molecule has 6 heteroatoms. The largest absolute Gasteiger partial charge is 0.491 e. The van der Waals surface area contributed by atoms with E-state index in [1.54, 1.807) is 48.7 Å². The third-order valence-electron chi connectivity index (χ3n) is 3.82. The predicted molar refractivity (Wildman–Crippen MR) is 109 cm³/mol. The molecule has 0 bridgehead atoms. The van der Waals surface area contributed by atoms with Crippen molar-refractivity contribution in [2.45, 2.75) is 20.0 Å². The summed E-state index contributed by atoms with van der Waals surface area (Å²) in [4.78, 5) is 16.8. The molecule has 0 aliphatic rings. The molecule has 0 aliphatic carbocycles. The summed E-state index contributed by atoms with van der Waals surface area (Å²) in [5.74, 6) is 0.979. The Kier molecular flexibility index (Phi) is 5.87. The van der Waals surface area contributed by atoms with Crippen molar-refractivity contribution in [2.75, 3.05) is 10.6 Å². The number of carbonyl (C=O) groups excluding carboxylic acids is 1. The first-order valence-electron chi connectivity index (χ1n) is 8.85. The van der Waals surface area contributed by atoms with Crippen LogP contribution in [0.3, 0.4) is 0 Å². The Labute approximate surface area is 163 Å². The number of pyridine rings is 1. The van der Waals surface area contributed by atoms with Crippen LogP contribution in [-0.2, 0) is 0 Å². The van der Waals surface area contributed by atoms with Gasteiger partial charge in [-0.2, -0.15) is 5.26 Å². The lowest BCUT2D eigenvalue weighted by molar-refractivity contribution is 0.102. The molecule has 0 fully saturated rings. The van der Waals surface area contributed by atoms with Gasteiger partial charge < -0.3 is 15.4 Å². The fourth-order valence-corrected chi connectivity index (χ4v) is 2.56. The summed E-state index contributed by atoms with van der Waals surface area (Å²) in [6, 6.07) is 19.7. The van der Waals surface area contributed by atoms with E-state index in [9.17, 15) is 10.1 Å². The van der Waals surface area contributed by atoms with Crippen molar-refractivity contribution in [3.63, 3.8) is 0 Å². The lowest BCUT2D eigenvalue weighted by Gasteiger charge is -2.11. The van der Waals surface area contributed by atoms with Crippen molar-refractivity contribution in [1.82, 2.24) is 4.98 Å². The Hall–Kier alpha value is -3.85. The molecule has 2 aromatic carbocycles. The van der Waals surface area contributed by atoms with Gasteiger partial charge in [0.15, 0.2) is 0 Å². The molecule has 140 valence electrons. The molecule has 0 radical (unpaired) electrons. The molecular formula is C22H20N4O2. The van der Waals surface area contributed by atoms with Crippen molar-refractivity contribution < 1.29 is 9.53 Å². The Balaban J connectivity index is 1.71. The number of rotatable bonds is 6. The smallest absolute Gasteiger partial charge is 0.255 e. The van der Waals surface area contributed by atoms with E-state index in [4.69, 9.17) is 4.74 Å². The topological polar surface area (TPSA) is 87.0 Å². The van der Waals surface area contributed by atoms with Crippen LogP contribution in [0, 0.1) is 11.3 Å². The average Bonchev–Trinajstić information content (AvgIpc) is 2.70. The van der Waals surface area contributed by atoms with Gasteiger partial charge in [-0.15, -0.1) is 0 Å². The minimum atomic E-state index is -0.253. The highest BCUT2D eigenvalue weighted by Gasteiger charge is 2.09. The zero-order chi connectivity index (χ0) is 19.9. The highest BCUT2D eigenvalue weighted by atomic mass is 16.5. The second-order valence-electron chi connectivity index (χ2n) is 6.36. The van der Waals surface area contributed by atoms with Gasteiger partial charge in [-0.1, -0.05) is 12.1 Å². The SMILES string of the molecule is CC(C)Oc1ccc(NC(=O)c2ccnc(Nc3ccccc3C#N)c2)cc1. The van der Waals surface area contributed by atoms with Crippen LogP contribution >= 0.6 is 0 Å². The van der Waals surface area contributed by atoms with Crippen LogP contribution < -0.4 is 15.4 Å². The molecule has 0 unspecified atom stereocenters. The first-order valence-corrected chi connectivity index (χ1v) is 8.85. The number of anilines is 3. The number of benzene rings is 2. The molecule has 0 aliphatic heterocycles. The fourth-order valence-electron chi connectivity index (χ4n) is 2.56. The van der Waals surface area contributed by atoms with E-state index in [1.165, 1.54) is 0 Å². The van der Waals surface area contributed by atoms with E-state index in [0.29, 0.717) is 28.3 Å². The highest BCUT2D eigenvalue weighted by molar-refractivity contribution is 6.04. The second kappa shape index (κ2) is 8.69. The first-order chi connectivity index (χ1) is 13.5. The van der Waals surface area contributed by atoms with Gasteiger partial charge in [0.05, 0.1) is 17.4 Å². The van der Waals surface area contributed by atoms with Crippen LogP contribution in [0.4, 0.5) is 17.2 Å². The van der Waals surface area contributed by atoms with Crippen molar-refractivity contribution in [2.24, 2.45) is 0 Å². The molecule has 3 rings (SSSR count). The normalized spacial score (nSPS) is 10.2. The van der Waals surface area contributed by atoms with Crippen LogP contribution in [0.1, 0.15) is 29.8 Å². The van der Waals surface area contributed by atoms with E-state index in [0.717, 1.165) is 5.75 Å². The molecule has 1 amide bonds. The van der Waals surface area contributed by atoms with Gasteiger partial charge in [-0.3, -0.25) is 4.79 Å². The Morgan fingerprint density at radius 3 is 2.57 bits per heavy atom. The maximum atomic E-state index is 12.6. The number of amides is 1. The maximum absolute atomic E-state index is 12.6. The van der Waals surface area contributed by atoms with Gasteiger partial charge in [0, 0.05) is 17.4 Å². The summed E-state index contributed by atoms with van der Waals surface area (Å²) in [7, 11) is 0. The van der Waals surface area contributed by atoms with E-state index in [2.05, 4.69) is 21.7 Å². The molecule has 3 aromatic rings. The Morgan fingerprint density at radius 1 is 1.11 bits per heavy atom. The third-order valence-corrected chi connectivity index (χ3v) is 3.82. The van der Waals surface area contributed by atoms with Crippen LogP contribution in [0.2, 0.25) is 0 Å². The number of carbonyl (C=O) groups is 1. The number of ether oxygens (including phenoxy) is 1. The monoisotopic (exact) mass is 372 g/mol. The van der Waals surface area contributed by atoms with Crippen LogP contribution in [-0.4, -0.2) is 17.0 Å². The minimum Gasteiger partial charge on any atom is -0.491 e. The lowest BCUT2D eigenvalue weighted by Crippen LogP contribution is -2.12. The Bertz CT molecular complexity index is 1010. The molecular weight excluding hydrogens is 352 g/mol. The van der Waals surface area contributed by atoms with Crippen molar-refractivity contribution >= 4 is 23.1 Å². The van der Waals surface area contributed by atoms with Crippen LogP contribution in [0.25, 0.3) is 0 Å². The number of hydrogen-bond donors (Lipinski definition) is 2. The van der Waals surface area contributed by atoms with Crippen molar-refractivity contribution in [1.29, 1.82) is 5.26 Å². The van der Waals surface area contributed by atoms with Crippen molar-refractivity contribution in [3.05, 3.63) is 78.0 Å². The number of nitrogens with zero attached hydrogens (tertiary/aromatic N) is 2. The first kappa shape index (κ1) is 18.9. The van der Waals surface area contributed by atoms with Gasteiger partial charge >= 0.3 is 0 Å². The summed E-state index contributed by atoms with van der Waals surface area (Å²) in [6.07, 6.45) is 1.64. The van der Waals surface area contributed by atoms with Gasteiger partial charge in [-0.05, 0) is 62.4 Å². The average molecular weight is 372 g/mol. The third kappa shape index (κ3) is 4.86. The van der Waals surface area contributed by atoms with Gasteiger partial charge in [0.1, 0.15) is 17.6 Å². The number of para-hydroxylation sites is 1. The van der Waals surface area contributed by atoms with Crippen molar-refractivity contribution in [3.8, 4) is 11.8 Å². The summed E-state index contributed by atoms with van der Waals surface area (Å²) in [5, 5.41) is 15.1. The molecule has 0 saturated carbocycles. The summed E-state index contributed by atoms with van der Waals surface area (Å²) in [6.45, 7) is 3.92. The summed E-state index contributed by atoms with van der Waals surface area (Å²) >= 11 is 0.